The van der Waals surface area contributed by atoms with Gasteiger partial charge in [0, 0.05) is 32.4 Å². The maximum absolute atomic E-state index is 12.2. The molecule has 1 fully saturated rings. The van der Waals surface area contributed by atoms with Crippen LogP contribution in [-0.4, -0.2) is 39.7 Å². The van der Waals surface area contributed by atoms with Gasteiger partial charge in [-0.15, -0.1) is 0 Å². The highest BCUT2D eigenvalue weighted by Gasteiger charge is 2.24. The number of amides is 1. The van der Waals surface area contributed by atoms with Crippen LogP contribution in [0.25, 0.3) is 0 Å². The van der Waals surface area contributed by atoms with Crippen LogP contribution in [0, 0.1) is 5.92 Å². The molecule has 1 aliphatic rings. The van der Waals surface area contributed by atoms with Crippen molar-refractivity contribution in [2.75, 3.05) is 18.4 Å². The summed E-state index contributed by atoms with van der Waals surface area (Å²) in [6.45, 7) is 5.91. The number of aryl methyl sites for hydroxylation is 1. The van der Waals surface area contributed by atoms with Crippen LogP contribution in [0.3, 0.4) is 0 Å². The normalized spacial score (nSPS) is 18.7. The lowest BCUT2D eigenvalue weighted by molar-refractivity contribution is -0.132. The second-order valence-electron chi connectivity index (χ2n) is 5.25. The predicted molar refractivity (Wildman–Crippen MR) is 71.3 cm³/mol. The standard InChI is InChI=1S/C13H22N4O/c1-10-4-8-17(9-5-10)13(18)11(2)14-12-6-7-16(3)15-12/h6-7,10-11H,4-5,8-9H2,1-3H3,(H,14,15). The predicted octanol–water partition coefficient (Wildman–Crippen LogP) is 1.48. The number of carbonyl (C=O) groups excluding carboxylic acids is 1. The number of hydrogen-bond acceptors (Lipinski definition) is 3. The molecule has 0 aromatic carbocycles. The van der Waals surface area contributed by atoms with Crippen LogP contribution in [0.2, 0.25) is 0 Å². The maximum atomic E-state index is 12.2. The average Bonchev–Trinajstić information content (AvgIpc) is 2.75. The monoisotopic (exact) mass is 250 g/mol. The van der Waals surface area contributed by atoms with Crippen molar-refractivity contribution in [1.82, 2.24) is 14.7 Å². The molecule has 1 saturated heterocycles. The van der Waals surface area contributed by atoms with Gasteiger partial charge in [-0.2, -0.15) is 5.10 Å². The molecule has 0 aliphatic carbocycles. The van der Waals surface area contributed by atoms with Crippen molar-refractivity contribution in [3.8, 4) is 0 Å². The lowest BCUT2D eigenvalue weighted by atomic mass is 9.99. The average molecular weight is 250 g/mol. The van der Waals surface area contributed by atoms with E-state index >= 15 is 0 Å². The third-order valence-electron chi connectivity index (χ3n) is 3.54. The van der Waals surface area contributed by atoms with Gasteiger partial charge in [0.2, 0.25) is 5.91 Å². The summed E-state index contributed by atoms with van der Waals surface area (Å²) in [6.07, 6.45) is 4.09. The van der Waals surface area contributed by atoms with Crippen LogP contribution in [0.5, 0.6) is 0 Å². The molecule has 1 N–H and O–H groups in total. The van der Waals surface area contributed by atoms with Crippen molar-refractivity contribution in [2.45, 2.75) is 32.7 Å². The third-order valence-corrected chi connectivity index (χ3v) is 3.54. The van der Waals surface area contributed by atoms with Gasteiger partial charge in [0.1, 0.15) is 11.9 Å². The van der Waals surface area contributed by atoms with Gasteiger partial charge in [0.05, 0.1) is 0 Å². The van der Waals surface area contributed by atoms with E-state index in [0.29, 0.717) is 0 Å². The van der Waals surface area contributed by atoms with Crippen molar-refractivity contribution < 1.29 is 4.79 Å². The number of hydrogen-bond donors (Lipinski definition) is 1. The summed E-state index contributed by atoms with van der Waals surface area (Å²) in [5.41, 5.74) is 0. The molecule has 0 bridgehead atoms. The molecule has 2 rings (SSSR count). The summed E-state index contributed by atoms with van der Waals surface area (Å²) in [4.78, 5) is 14.2. The van der Waals surface area contributed by atoms with Crippen molar-refractivity contribution in [3.05, 3.63) is 12.3 Å². The minimum Gasteiger partial charge on any atom is -0.357 e. The van der Waals surface area contributed by atoms with Crippen LogP contribution >= 0.6 is 0 Å². The second kappa shape index (κ2) is 5.42. The molecule has 1 amide bonds. The van der Waals surface area contributed by atoms with Crippen LogP contribution in [0.15, 0.2) is 12.3 Å². The third kappa shape index (κ3) is 3.03. The first-order valence-electron chi connectivity index (χ1n) is 6.61. The SMILES string of the molecule is CC1CCN(C(=O)C(C)Nc2ccn(C)n2)CC1. The van der Waals surface area contributed by atoms with Gasteiger partial charge in [-0.05, 0) is 25.7 Å². The molecule has 1 aliphatic heterocycles. The Morgan fingerprint density at radius 2 is 2.17 bits per heavy atom. The highest BCUT2D eigenvalue weighted by molar-refractivity contribution is 5.84. The number of aromatic nitrogens is 2. The van der Waals surface area contributed by atoms with Crippen LogP contribution in [0.4, 0.5) is 5.82 Å². The topological polar surface area (TPSA) is 50.2 Å². The number of carbonyl (C=O) groups is 1. The van der Waals surface area contributed by atoms with E-state index in [1.165, 1.54) is 0 Å². The fraction of sp³-hybridized carbons (Fsp3) is 0.692. The number of nitrogens with one attached hydrogen (secondary N) is 1. The summed E-state index contributed by atoms with van der Waals surface area (Å²) in [6, 6.07) is 1.66. The lowest BCUT2D eigenvalue weighted by Crippen LogP contribution is -2.45. The van der Waals surface area contributed by atoms with Crippen molar-refractivity contribution in [1.29, 1.82) is 0 Å². The zero-order chi connectivity index (χ0) is 13.1. The summed E-state index contributed by atoms with van der Waals surface area (Å²) in [5, 5.41) is 7.37. The highest BCUT2D eigenvalue weighted by atomic mass is 16.2. The Labute approximate surface area is 108 Å². The fourth-order valence-corrected chi connectivity index (χ4v) is 2.28. The zero-order valence-electron chi connectivity index (χ0n) is 11.4. The quantitative estimate of drug-likeness (QED) is 0.884. The first-order valence-corrected chi connectivity index (χ1v) is 6.61. The maximum Gasteiger partial charge on any atom is 0.244 e. The molecule has 1 aromatic rings. The van der Waals surface area contributed by atoms with Gasteiger partial charge in [-0.1, -0.05) is 6.92 Å². The van der Waals surface area contributed by atoms with Gasteiger partial charge in [-0.3, -0.25) is 9.48 Å². The van der Waals surface area contributed by atoms with E-state index in [0.717, 1.165) is 37.7 Å². The molecule has 2 heterocycles. The minimum absolute atomic E-state index is 0.174. The molecule has 0 radical (unpaired) electrons. The molecule has 100 valence electrons. The first-order chi connectivity index (χ1) is 8.56. The molecule has 18 heavy (non-hydrogen) atoms. The van der Waals surface area contributed by atoms with Crippen LogP contribution in [-0.2, 0) is 11.8 Å². The minimum atomic E-state index is -0.215. The highest BCUT2D eigenvalue weighted by Crippen LogP contribution is 2.17. The fourth-order valence-electron chi connectivity index (χ4n) is 2.28. The van der Waals surface area contributed by atoms with Crippen LogP contribution in [0.1, 0.15) is 26.7 Å². The molecule has 0 spiro atoms. The van der Waals surface area contributed by atoms with Gasteiger partial charge in [0.25, 0.3) is 0 Å². The second-order valence-corrected chi connectivity index (χ2v) is 5.25. The molecule has 1 aromatic heterocycles. The van der Waals surface area contributed by atoms with E-state index < -0.39 is 0 Å². The van der Waals surface area contributed by atoms with E-state index in [4.69, 9.17) is 0 Å². The van der Waals surface area contributed by atoms with Crippen molar-refractivity contribution >= 4 is 11.7 Å². The molecule has 5 nitrogen and oxygen atoms in total. The molecule has 1 unspecified atom stereocenters. The van der Waals surface area contributed by atoms with Gasteiger partial charge in [0.15, 0.2) is 0 Å². The Hall–Kier alpha value is -1.52. The molecule has 5 heteroatoms. The number of rotatable bonds is 3. The summed E-state index contributed by atoms with van der Waals surface area (Å²) >= 11 is 0. The Bertz CT molecular complexity index is 407. The molecule has 1 atom stereocenters. The zero-order valence-corrected chi connectivity index (χ0v) is 11.4. The number of nitrogens with zero attached hydrogens (tertiary/aromatic N) is 3. The van der Waals surface area contributed by atoms with E-state index in [-0.39, 0.29) is 11.9 Å². The van der Waals surface area contributed by atoms with Gasteiger partial charge >= 0.3 is 0 Å². The van der Waals surface area contributed by atoms with Gasteiger partial charge in [-0.25, -0.2) is 0 Å². The largest absolute Gasteiger partial charge is 0.357 e. The lowest BCUT2D eigenvalue weighted by Gasteiger charge is -2.32. The Morgan fingerprint density at radius 1 is 1.50 bits per heavy atom. The summed E-state index contributed by atoms with van der Waals surface area (Å²) < 4.78 is 1.72. The molecular formula is C13H22N4O. The summed E-state index contributed by atoms with van der Waals surface area (Å²) in [5.74, 6) is 1.67. The summed E-state index contributed by atoms with van der Waals surface area (Å²) in [7, 11) is 1.86. The van der Waals surface area contributed by atoms with E-state index in [1.807, 2.05) is 31.1 Å². The number of piperidine rings is 1. The van der Waals surface area contributed by atoms with Crippen LogP contribution < -0.4 is 5.32 Å². The van der Waals surface area contributed by atoms with E-state index in [9.17, 15) is 4.79 Å². The van der Waals surface area contributed by atoms with E-state index in [1.54, 1.807) is 4.68 Å². The Balaban J connectivity index is 1.88. The molecule has 0 saturated carbocycles. The Kier molecular flexibility index (Phi) is 3.89. The van der Waals surface area contributed by atoms with E-state index in [2.05, 4.69) is 17.3 Å². The van der Waals surface area contributed by atoms with Crippen molar-refractivity contribution in [3.63, 3.8) is 0 Å². The number of likely N-dealkylation sites (tertiary alicyclic amines) is 1. The number of anilines is 1. The van der Waals surface area contributed by atoms with Crippen molar-refractivity contribution in [2.24, 2.45) is 13.0 Å². The smallest absolute Gasteiger partial charge is 0.244 e. The molecular weight excluding hydrogens is 228 g/mol. The first kappa shape index (κ1) is 12.9. The Morgan fingerprint density at radius 3 is 2.72 bits per heavy atom. The van der Waals surface area contributed by atoms with Gasteiger partial charge < -0.3 is 10.2 Å².